The summed E-state index contributed by atoms with van der Waals surface area (Å²) >= 11 is 0. The molecule has 2 rings (SSSR count). The van der Waals surface area contributed by atoms with Crippen molar-refractivity contribution < 1.29 is 4.74 Å². The number of nitriles is 1. The average Bonchev–Trinajstić information content (AvgIpc) is 2.49. The maximum Gasteiger partial charge on any atom is 0.136 e. The Bertz CT molecular complexity index is 721. The highest BCUT2D eigenvalue weighted by atomic mass is 16.5. The average molecular weight is 293 g/mol. The molecule has 0 radical (unpaired) electrons. The van der Waals surface area contributed by atoms with E-state index in [4.69, 9.17) is 16.2 Å². The Hall–Kier alpha value is -2.77. The third-order valence-electron chi connectivity index (χ3n) is 3.38. The standard InChI is InChI=1S/C18H19N3O/c1-3-4-18(22-15-7-5-14(20)6-8-15)16-10-13(11-19)12(2)9-17(16)21/h3-5,7-10,14H,1,6,20-21H2,2H3/b18-4+. The van der Waals surface area contributed by atoms with E-state index in [1.807, 2.05) is 25.2 Å². The summed E-state index contributed by atoms with van der Waals surface area (Å²) in [5.74, 6) is 1.25. The van der Waals surface area contributed by atoms with Crippen molar-refractivity contribution in [1.29, 1.82) is 5.26 Å². The molecule has 0 saturated carbocycles. The molecule has 112 valence electrons. The Morgan fingerprint density at radius 2 is 2.27 bits per heavy atom. The molecule has 1 atom stereocenters. The van der Waals surface area contributed by atoms with Crippen LogP contribution in [-0.2, 0) is 4.74 Å². The van der Waals surface area contributed by atoms with E-state index in [1.54, 1.807) is 24.3 Å². The van der Waals surface area contributed by atoms with E-state index in [1.165, 1.54) is 0 Å². The van der Waals surface area contributed by atoms with Crippen LogP contribution in [0.4, 0.5) is 5.69 Å². The molecule has 1 aromatic carbocycles. The number of ether oxygens (including phenoxy) is 1. The van der Waals surface area contributed by atoms with E-state index < -0.39 is 0 Å². The second kappa shape index (κ2) is 6.79. The molecular formula is C18H19N3O. The van der Waals surface area contributed by atoms with Crippen molar-refractivity contribution in [3.63, 3.8) is 0 Å². The molecule has 1 aliphatic rings. The van der Waals surface area contributed by atoms with Crippen molar-refractivity contribution in [1.82, 2.24) is 0 Å². The Balaban J connectivity index is 2.38. The number of nitrogen functional groups attached to an aromatic ring is 1. The van der Waals surface area contributed by atoms with E-state index in [-0.39, 0.29) is 6.04 Å². The zero-order valence-corrected chi connectivity index (χ0v) is 12.5. The van der Waals surface area contributed by atoms with E-state index in [0.717, 1.165) is 12.0 Å². The predicted octanol–water partition coefficient (Wildman–Crippen LogP) is 3.16. The first-order valence-corrected chi connectivity index (χ1v) is 7.00. The van der Waals surface area contributed by atoms with Crippen LogP contribution in [0.25, 0.3) is 5.76 Å². The lowest BCUT2D eigenvalue weighted by molar-refractivity contribution is 0.395. The molecule has 4 nitrogen and oxygen atoms in total. The van der Waals surface area contributed by atoms with Crippen LogP contribution in [-0.4, -0.2) is 6.04 Å². The lowest BCUT2D eigenvalue weighted by Gasteiger charge is -2.17. The van der Waals surface area contributed by atoms with E-state index in [2.05, 4.69) is 12.6 Å². The number of nitrogens with zero attached hydrogens (tertiary/aromatic N) is 1. The number of nitrogens with two attached hydrogens (primary N) is 2. The molecule has 0 fully saturated rings. The minimum atomic E-state index is 0.0221. The SMILES string of the molecule is C=C/C=C(/OC1=CCC(N)C=C1)c1cc(C#N)c(C)cc1N. The molecule has 22 heavy (non-hydrogen) atoms. The molecule has 0 aliphatic heterocycles. The van der Waals surface area contributed by atoms with Gasteiger partial charge in [-0.3, -0.25) is 0 Å². The van der Waals surface area contributed by atoms with Crippen molar-refractivity contribution in [2.24, 2.45) is 5.73 Å². The summed E-state index contributed by atoms with van der Waals surface area (Å²) in [4.78, 5) is 0. The van der Waals surface area contributed by atoms with Crippen LogP contribution in [0.5, 0.6) is 0 Å². The molecule has 1 aromatic rings. The highest BCUT2D eigenvalue weighted by Crippen LogP contribution is 2.29. The predicted molar refractivity (Wildman–Crippen MR) is 89.4 cm³/mol. The first-order chi connectivity index (χ1) is 10.5. The van der Waals surface area contributed by atoms with Gasteiger partial charge < -0.3 is 16.2 Å². The highest BCUT2D eigenvalue weighted by molar-refractivity contribution is 5.75. The third kappa shape index (κ3) is 3.46. The van der Waals surface area contributed by atoms with Gasteiger partial charge in [-0.2, -0.15) is 5.26 Å². The summed E-state index contributed by atoms with van der Waals surface area (Å²) in [5, 5.41) is 9.19. The monoisotopic (exact) mass is 293 g/mol. The van der Waals surface area contributed by atoms with Gasteiger partial charge in [-0.05, 0) is 49.3 Å². The molecule has 4 heteroatoms. The molecule has 0 saturated heterocycles. The summed E-state index contributed by atoms with van der Waals surface area (Å²) < 4.78 is 5.91. The number of allylic oxidation sites excluding steroid dienone is 3. The fourth-order valence-corrected chi connectivity index (χ4v) is 2.17. The van der Waals surface area contributed by atoms with Crippen LogP contribution in [0.2, 0.25) is 0 Å². The molecule has 4 N–H and O–H groups in total. The minimum Gasteiger partial charge on any atom is -0.457 e. The van der Waals surface area contributed by atoms with Gasteiger partial charge >= 0.3 is 0 Å². The first kappa shape index (κ1) is 15.6. The highest BCUT2D eigenvalue weighted by Gasteiger charge is 2.13. The van der Waals surface area contributed by atoms with Gasteiger partial charge in [-0.1, -0.05) is 18.7 Å². The Kier molecular flexibility index (Phi) is 4.82. The maximum absolute atomic E-state index is 9.19. The van der Waals surface area contributed by atoms with Gasteiger partial charge in [0.15, 0.2) is 0 Å². The van der Waals surface area contributed by atoms with Crippen molar-refractivity contribution in [3.05, 3.63) is 71.5 Å². The Morgan fingerprint density at radius 3 is 2.86 bits per heavy atom. The Morgan fingerprint density at radius 1 is 1.50 bits per heavy atom. The molecular weight excluding hydrogens is 274 g/mol. The van der Waals surface area contributed by atoms with Gasteiger partial charge in [0.2, 0.25) is 0 Å². The zero-order valence-electron chi connectivity index (χ0n) is 12.5. The fourth-order valence-electron chi connectivity index (χ4n) is 2.17. The number of benzene rings is 1. The van der Waals surface area contributed by atoms with Crippen LogP contribution in [0.3, 0.4) is 0 Å². The van der Waals surface area contributed by atoms with Gasteiger partial charge in [-0.25, -0.2) is 0 Å². The Labute approximate surface area is 130 Å². The second-order valence-electron chi connectivity index (χ2n) is 5.10. The quantitative estimate of drug-likeness (QED) is 0.507. The van der Waals surface area contributed by atoms with Crippen molar-refractivity contribution in [2.45, 2.75) is 19.4 Å². The number of anilines is 1. The molecule has 0 bridgehead atoms. The molecule has 0 heterocycles. The summed E-state index contributed by atoms with van der Waals surface area (Å²) in [6, 6.07) is 5.69. The number of rotatable bonds is 4. The topological polar surface area (TPSA) is 85.1 Å². The molecule has 0 amide bonds. The number of hydrogen-bond acceptors (Lipinski definition) is 4. The van der Waals surface area contributed by atoms with Crippen molar-refractivity contribution in [3.8, 4) is 6.07 Å². The molecule has 1 aliphatic carbocycles. The van der Waals surface area contributed by atoms with Gasteiger partial charge in [-0.15, -0.1) is 0 Å². The van der Waals surface area contributed by atoms with E-state index in [0.29, 0.717) is 28.3 Å². The summed E-state index contributed by atoms with van der Waals surface area (Å²) in [6.07, 6.45) is 9.73. The van der Waals surface area contributed by atoms with Gasteiger partial charge in [0.25, 0.3) is 0 Å². The van der Waals surface area contributed by atoms with Gasteiger partial charge in [0.1, 0.15) is 11.5 Å². The number of aryl methyl sites for hydroxylation is 1. The van der Waals surface area contributed by atoms with E-state index >= 15 is 0 Å². The van der Waals surface area contributed by atoms with Gasteiger partial charge in [0.05, 0.1) is 11.6 Å². The summed E-state index contributed by atoms with van der Waals surface area (Å²) in [5.41, 5.74) is 14.5. The van der Waals surface area contributed by atoms with Crippen LogP contribution >= 0.6 is 0 Å². The van der Waals surface area contributed by atoms with Crippen LogP contribution in [0.15, 0.2) is 54.9 Å². The molecule has 0 aromatic heterocycles. The second-order valence-corrected chi connectivity index (χ2v) is 5.10. The minimum absolute atomic E-state index is 0.0221. The zero-order chi connectivity index (χ0) is 16.1. The number of hydrogen-bond donors (Lipinski definition) is 2. The largest absolute Gasteiger partial charge is 0.457 e. The lowest BCUT2D eigenvalue weighted by atomic mass is 10.0. The van der Waals surface area contributed by atoms with Crippen molar-refractivity contribution in [2.75, 3.05) is 5.73 Å². The fraction of sp³-hybridized carbons (Fsp3) is 0.167. The van der Waals surface area contributed by atoms with Crippen LogP contribution in [0.1, 0.15) is 23.1 Å². The summed E-state index contributed by atoms with van der Waals surface area (Å²) in [6.45, 7) is 5.55. The maximum atomic E-state index is 9.19. The summed E-state index contributed by atoms with van der Waals surface area (Å²) in [7, 11) is 0. The lowest BCUT2D eigenvalue weighted by Crippen LogP contribution is -2.17. The normalized spacial score (nSPS) is 17.6. The van der Waals surface area contributed by atoms with E-state index in [9.17, 15) is 5.26 Å². The smallest absolute Gasteiger partial charge is 0.136 e. The van der Waals surface area contributed by atoms with Crippen LogP contribution < -0.4 is 11.5 Å². The third-order valence-corrected chi connectivity index (χ3v) is 3.38. The van der Waals surface area contributed by atoms with Crippen molar-refractivity contribution >= 4 is 11.4 Å². The van der Waals surface area contributed by atoms with Gasteiger partial charge in [0, 0.05) is 17.3 Å². The molecule has 1 unspecified atom stereocenters. The van der Waals surface area contributed by atoms with Crippen LogP contribution in [0, 0.1) is 18.3 Å². The molecule has 0 spiro atoms. The first-order valence-electron chi connectivity index (χ1n) is 7.00.